The molecule has 0 spiro atoms. The number of aromatic nitrogens is 4. The number of urea groups is 1. The van der Waals surface area contributed by atoms with Gasteiger partial charge in [-0.15, -0.1) is 0 Å². The lowest BCUT2D eigenvalue weighted by atomic mass is 9.97. The monoisotopic (exact) mass is 531 g/mol. The van der Waals surface area contributed by atoms with Crippen LogP contribution in [0.3, 0.4) is 0 Å². The maximum atomic E-state index is 12.1. The van der Waals surface area contributed by atoms with Crippen LogP contribution in [0.5, 0.6) is 0 Å². The van der Waals surface area contributed by atoms with Crippen LogP contribution in [-0.2, 0) is 11.2 Å². The van der Waals surface area contributed by atoms with Crippen molar-refractivity contribution in [2.75, 3.05) is 29.9 Å². The van der Waals surface area contributed by atoms with Gasteiger partial charge in [0.2, 0.25) is 5.95 Å². The molecule has 5 rings (SSSR count). The predicted octanol–water partition coefficient (Wildman–Crippen LogP) is 4.82. The molecule has 0 atom stereocenters. The molecule has 4 heterocycles. The molecule has 1 aliphatic rings. The van der Waals surface area contributed by atoms with E-state index < -0.39 is 5.97 Å². The van der Waals surface area contributed by atoms with Gasteiger partial charge in [0.1, 0.15) is 0 Å². The van der Waals surface area contributed by atoms with Crippen LogP contribution in [-0.4, -0.2) is 56.7 Å². The van der Waals surface area contributed by atoms with Gasteiger partial charge in [0.05, 0.1) is 27.5 Å². The first-order chi connectivity index (χ1) is 18.5. The van der Waals surface area contributed by atoms with Gasteiger partial charge >= 0.3 is 12.0 Å². The van der Waals surface area contributed by atoms with E-state index in [1.54, 1.807) is 6.20 Å². The van der Waals surface area contributed by atoms with Gasteiger partial charge < -0.3 is 15.3 Å². The van der Waals surface area contributed by atoms with Crippen molar-refractivity contribution in [3.63, 3.8) is 0 Å². The molecule has 1 saturated heterocycles. The van der Waals surface area contributed by atoms with Crippen molar-refractivity contribution in [2.45, 2.75) is 33.1 Å². The number of fused-ring (bicyclic) bond motifs is 1. The summed E-state index contributed by atoms with van der Waals surface area (Å²) in [4.78, 5) is 44.3. The minimum absolute atomic E-state index is 0.296. The number of anilines is 2. The number of carboxylic acids is 1. The van der Waals surface area contributed by atoms with E-state index in [-0.39, 0.29) is 11.9 Å². The SMILES string of the molecule is CCNC(=O)Nc1nc2cc(-c3cnc(N4CCC(C(=O)O)CC4)nc3CC)cc(-c3ccccn3)c2s1. The molecule has 3 N–H and O–H groups in total. The fourth-order valence-corrected chi connectivity index (χ4v) is 5.62. The van der Waals surface area contributed by atoms with Gasteiger partial charge in [-0.3, -0.25) is 15.1 Å². The number of carbonyl (C=O) groups is 2. The van der Waals surface area contributed by atoms with E-state index in [0.717, 1.165) is 38.3 Å². The number of hydrogen-bond acceptors (Lipinski definition) is 8. The molecule has 0 aliphatic carbocycles. The van der Waals surface area contributed by atoms with Crippen molar-refractivity contribution in [3.05, 3.63) is 48.4 Å². The normalized spacial score (nSPS) is 14.0. The van der Waals surface area contributed by atoms with E-state index in [1.807, 2.05) is 37.4 Å². The number of benzene rings is 1. The highest BCUT2D eigenvalue weighted by atomic mass is 32.1. The summed E-state index contributed by atoms with van der Waals surface area (Å²) < 4.78 is 0.927. The summed E-state index contributed by atoms with van der Waals surface area (Å²) in [7, 11) is 0. The fourth-order valence-electron chi connectivity index (χ4n) is 4.65. The smallest absolute Gasteiger partial charge is 0.321 e. The van der Waals surface area contributed by atoms with E-state index in [1.165, 1.54) is 11.3 Å². The minimum Gasteiger partial charge on any atom is -0.481 e. The molecule has 2 amide bonds. The van der Waals surface area contributed by atoms with E-state index in [2.05, 4.69) is 38.5 Å². The molecule has 10 nitrogen and oxygen atoms in total. The predicted molar refractivity (Wildman–Crippen MR) is 149 cm³/mol. The molecule has 11 heteroatoms. The second-order valence-corrected chi connectivity index (χ2v) is 10.1. The lowest BCUT2D eigenvalue weighted by molar-refractivity contribution is -0.142. The molecule has 0 saturated carbocycles. The zero-order chi connectivity index (χ0) is 26.6. The Morgan fingerprint density at radius 1 is 1.11 bits per heavy atom. The van der Waals surface area contributed by atoms with E-state index >= 15 is 0 Å². The first-order valence-corrected chi connectivity index (χ1v) is 13.5. The van der Waals surface area contributed by atoms with Crippen LogP contribution in [0.4, 0.5) is 15.9 Å². The van der Waals surface area contributed by atoms with E-state index in [0.29, 0.717) is 50.0 Å². The molecule has 0 unspecified atom stereocenters. The number of carbonyl (C=O) groups excluding carboxylic acids is 1. The summed E-state index contributed by atoms with van der Waals surface area (Å²) >= 11 is 1.41. The Balaban J connectivity index is 1.53. The molecular weight excluding hydrogens is 502 g/mol. The molecule has 38 heavy (non-hydrogen) atoms. The van der Waals surface area contributed by atoms with Crippen molar-refractivity contribution < 1.29 is 14.7 Å². The number of rotatable bonds is 7. The Kier molecular flexibility index (Phi) is 7.45. The zero-order valence-corrected chi connectivity index (χ0v) is 22.1. The van der Waals surface area contributed by atoms with Crippen LogP contribution in [0.25, 0.3) is 32.6 Å². The number of carboxylic acid groups (broad SMARTS) is 1. The summed E-state index contributed by atoms with van der Waals surface area (Å²) in [5.74, 6) is -0.415. The largest absolute Gasteiger partial charge is 0.481 e. The molecule has 0 bridgehead atoms. The van der Waals surface area contributed by atoms with Gasteiger partial charge in [-0.2, -0.15) is 0 Å². The molecule has 3 aromatic heterocycles. The molecule has 4 aromatic rings. The van der Waals surface area contributed by atoms with E-state index in [4.69, 9.17) is 9.97 Å². The number of hydrogen-bond donors (Lipinski definition) is 3. The van der Waals surface area contributed by atoms with Crippen LogP contribution in [0.2, 0.25) is 0 Å². The standard InChI is InChI=1S/C27H29N7O3S/c1-3-20-19(15-30-25(31-20)34-11-8-16(9-12-34)24(35)36)17-13-18(21-7-5-6-10-29-21)23-22(14-17)32-27(38-23)33-26(37)28-4-2/h5-7,10,13-16H,3-4,8-9,11-12H2,1-2H3,(H,35,36)(H2,28,32,33,37). The average molecular weight is 532 g/mol. The van der Waals surface area contributed by atoms with Gasteiger partial charge in [0.15, 0.2) is 5.13 Å². The number of nitrogens with zero attached hydrogens (tertiary/aromatic N) is 5. The molecule has 0 radical (unpaired) electrons. The van der Waals surface area contributed by atoms with Crippen molar-refractivity contribution in [2.24, 2.45) is 5.92 Å². The van der Waals surface area contributed by atoms with Gasteiger partial charge in [-0.25, -0.2) is 19.7 Å². The number of aryl methyl sites for hydroxylation is 1. The average Bonchev–Trinajstić information content (AvgIpc) is 3.35. The molecule has 196 valence electrons. The van der Waals surface area contributed by atoms with Gasteiger partial charge in [-0.05, 0) is 56.0 Å². The summed E-state index contributed by atoms with van der Waals surface area (Å²) in [5.41, 5.74) is 5.20. The van der Waals surface area contributed by atoms with Crippen molar-refractivity contribution in [1.82, 2.24) is 25.3 Å². The van der Waals surface area contributed by atoms with Crippen LogP contribution >= 0.6 is 11.3 Å². The Hall–Kier alpha value is -4.12. The quantitative estimate of drug-likeness (QED) is 0.309. The third-order valence-corrected chi connectivity index (χ3v) is 7.64. The number of thiazole rings is 1. The second kappa shape index (κ2) is 11.1. The number of piperidine rings is 1. The Bertz CT molecular complexity index is 1470. The van der Waals surface area contributed by atoms with Crippen LogP contribution in [0.1, 0.15) is 32.4 Å². The number of nitrogens with one attached hydrogen (secondary N) is 2. The lowest BCUT2D eigenvalue weighted by Crippen LogP contribution is -2.37. The maximum Gasteiger partial charge on any atom is 0.321 e. The second-order valence-electron chi connectivity index (χ2n) is 9.07. The Morgan fingerprint density at radius 2 is 1.92 bits per heavy atom. The first kappa shape index (κ1) is 25.5. The summed E-state index contributed by atoms with van der Waals surface area (Å²) in [6.45, 7) is 5.68. The third-order valence-electron chi connectivity index (χ3n) is 6.62. The summed E-state index contributed by atoms with van der Waals surface area (Å²) in [6, 6.07) is 9.55. The lowest BCUT2D eigenvalue weighted by Gasteiger charge is -2.30. The molecule has 1 aromatic carbocycles. The molecular formula is C27H29N7O3S. The highest BCUT2D eigenvalue weighted by molar-refractivity contribution is 7.22. The number of pyridine rings is 1. The van der Waals surface area contributed by atoms with Crippen LogP contribution < -0.4 is 15.5 Å². The van der Waals surface area contributed by atoms with Gasteiger partial charge in [0.25, 0.3) is 0 Å². The third kappa shape index (κ3) is 5.28. The highest BCUT2D eigenvalue weighted by Crippen LogP contribution is 2.39. The van der Waals surface area contributed by atoms with Crippen molar-refractivity contribution >= 4 is 44.6 Å². The Morgan fingerprint density at radius 3 is 2.61 bits per heavy atom. The molecule has 1 fully saturated rings. The summed E-state index contributed by atoms with van der Waals surface area (Å²) in [5, 5.41) is 15.4. The first-order valence-electron chi connectivity index (χ1n) is 12.7. The van der Waals surface area contributed by atoms with Crippen molar-refractivity contribution in [1.29, 1.82) is 0 Å². The van der Waals surface area contributed by atoms with Gasteiger partial charge in [0, 0.05) is 43.2 Å². The highest BCUT2D eigenvalue weighted by Gasteiger charge is 2.26. The van der Waals surface area contributed by atoms with Crippen LogP contribution in [0, 0.1) is 5.92 Å². The van der Waals surface area contributed by atoms with Gasteiger partial charge in [-0.1, -0.05) is 24.3 Å². The van der Waals surface area contributed by atoms with E-state index in [9.17, 15) is 14.7 Å². The van der Waals surface area contributed by atoms with Crippen molar-refractivity contribution in [3.8, 4) is 22.4 Å². The summed E-state index contributed by atoms with van der Waals surface area (Å²) in [6.07, 6.45) is 5.47. The number of amides is 2. The molecule has 1 aliphatic heterocycles. The van der Waals surface area contributed by atoms with Crippen LogP contribution in [0.15, 0.2) is 42.7 Å². The fraction of sp³-hybridized carbons (Fsp3) is 0.333. The minimum atomic E-state index is -0.736. The zero-order valence-electron chi connectivity index (χ0n) is 21.3. The topological polar surface area (TPSA) is 133 Å². The number of aliphatic carboxylic acids is 1. The Labute approximate surface area is 224 Å². The maximum absolute atomic E-state index is 12.1.